The first-order valence-electron chi connectivity index (χ1n) is 4.69. The summed E-state index contributed by atoms with van der Waals surface area (Å²) in [5.41, 5.74) is 0. The van der Waals surface area contributed by atoms with Gasteiger partial charge in [0.15, 0.2) is 0 Å². The molecule has 0 saturated carbocycles. The van der Waals surface area contributed by atoms with Gasteiger partial charge >= 0.3 is 0 Å². The molecule has 1 aromatic heterocycles. The smallest absolute Gasteiger partial charge is 0.110 e. The molecule has 0 aromatic carbocycles. The van der Waals surface area contributed by atoms with Crippen molar-refractivity contribution in [1.29, 1.82) is 0 Å². The van der Waals surface area contributed by atoms with E-state index in [1.807, 2.05) is 0 Å². The third kappa shape index (κ3) is 2.07. The lowest BCUT2D eigenvalue weighted by Gasteiger charge is -2.21. The Hall–Kier alpha value is -0.450. The summed E-state index contributed by atoms with van der Waals surface area (Å²) in [4.78, 5) is 5.27. The largest absolute Gasteiger partial charge is 0.391 e. The molecule has 3 nitrogen and oxygen atoms in total. The first-order valence-corrected chi connectivity index (χ1v) is 5.50. The molecule has 1 aliphatic heterocycles. The molecular weight excluding hydrogens is 184 g/mol. The molecule has 1 fully saturated rings. The van der Waals surface area contributed by atoms with Crippen LogP contribution in [0.2, 0.25) is 0 Å². The molecular formula is C9H14N2OS. The van der Waals surface area contributed by atoms with Gasteiger partial charge in [-0.05, 0) is 19.4 Å². The number of aliphatic hydroxyl groups excluding tert-OH is 1. The zero-order valence-corrected chi connectivity index (χ0v) is 8.31. The summed E-state index contributed by atoms with van der Waals surface area (Å²) in [6, 6.07) is 0.430. The molecule has 4 heteroatoms. The molecule has 0 bridgehead atoms. The highest BCUT2D eigenvalue weighted by molar-refractivity contribution is 7.11. The Kier molecular flexibility index (Phi) is 2.93. The lowest BCUT2D eigenvalue weighted by atomic mass is 10.1. The Labute approximate surface area is 81.8 Å². The molecule has 1 saturated heterocycles. The van der Waals surface area contributed by atoms with Gasteiger partial charge in [0, 0.05) is 6.20 Å². The first-order chi connectivity index (χ1) is 6.40. The van der Waals surface area contributed by atoms with Crippen molar-refractivity contribution in [2.75, 3.05) is 6.54 Å². The number of hydrogen-bond donors (Lipinski definition) is 2. The number of piperidine rings is 1. The average Bonchev–Trinajstić information content (AvgIpc) is 2.67. The van der Waals surface area contributed by atoms with Gasteiger partial charge in [0.25, 0.3) is 0 Å². The Balaban J connectivity index is 2.05. The van der Waals surface area contributed by atoms with E-state index in [2.05, 4.69) is 10.3 Å². The van der Waals surface area contributed by atoms with Gasteiger partial charge in [-0.2, -0.15) is 0 Å². The minimum Gasteiger partial charge on any atom is -0.391 e. The molecule has 1 unspecified atom stereocenters. The summed E-state index contributed by atoms with van der Waals surface area (Å²) in [5.74, 6) is 0. The van der Waals surface area contributed by atoms with Crippen LogP contribution < -0.4 is 5.32 Å². The van der Waals surface area contributed by atoms with Crippen LogP contribution >= 0.6 is 11.3 Å². The molecule has 1 aliphatic rings. The molecule has 2 N–H and O–H groups in total. The van der Waals surface area contributed by atoms with Gasteiger partial charge in [-0.25, -0.2) is 4.98 Å². The van der Waals surface area contributed by atoms with E-state index in [9.17, 15) is 0 Å². The van der Waals surface area contributed by atoms with Crippen LogP contribution in [0.4, 0.5) is 0 Å². The Morgan fingerprint density at radius 1 is 1.62 bits per heavy atom. The summed E-state index contributed by atoms with van der Waals surface area (Å²) in [6.07, 6.45) is 5.51. The second kappa shape index (κ2) is 4.17. The average molecular weight is 198 g/mol. The molecule has 13 heavy (non-hydrogen) atoms. The highest BCUT2D eigenvalue weighted by atomic mass is 32.1. The van der Waals surface area contributed by atoms with E-state index in [-0.39, 0.29) is 6.61 Å². The topological polar surface area (TPSA) is 45.2 Å². The predicted molar refractivity (Wildman–Crippen MR) is 52.6 cm³/mol. The van der Waals surface area contributed by atoms with E-state index < -0.39 is 0 Å². The maximum absolute atomic E-state index is 8.90. The summed E-state index contributed by atoms with van der Waals surface area (Å²) in [7, 11) is 0. The van der Waals surface area contributed by atoms with Gasteiger partial charge in [0.2, 0.25) is 0 Å². The zero-order chi connectivity index (χ0) is 9.10. The molecule has 2 rings (SSSR count). The maximum Gasteiger partial charge on any atom is 0.110 e. The fraction of sp³-hybridized carbons (Fsp3) is 0.667. The number of thiazole rings is 1. The number of aromatic nitrogens is 1. The van der Waals surface area contributed by atoms with Crippen molar-refractivity contribution < 1.29 is 5.11 Å². The van der Waals surface area contributed by atoms with Crippen LogP contribution in [0.5, 0.6) is 0 Å². The lowest BCUT2D eigenvalue weighted by molar-refractivity contribution is 0.285. The second-order valence-electron chi connectivity index (χ2n) is 3.33. The molecule has 0 spiro atoms. The minimum absolute atomic E-state index is 0.115. The van der Waals surface area contributed by atoms with E-state index in [4.69, 9.17) is 5.11 Å². The fourth-order valence-corrected chi connectivity index (χ4v) is 2.51. The van der Waals surface area contributed by atoms with Gasteiger partial charge in [-0.15, -0.1) is 11.3 Å². The van der Waals surface area contributed by atoms with E-state index in [0.717, 1.165) is 16.4 Å². The highest BCUT2D eigenvalue weighted by Gasteiger charge is 2.17. The SMILES string of the molecule is OCc1cnc(C2CCCCN2)s1. The highest BCUT2D eigenvalue weighted by Crippen LogP contribution is 2.26. The van der Waals surface area contributed by atoms with Crippen molar-refractivity contribution in [1.82, 2.24) is 10.3 Å². The first kappa shape index (κ1) is 9.12. The molecule has 2 heterocycles. The molecule has 0 aliphatic carbocycles. The minimum atomic E-state index is 0.115. The van der Waals surface area contributed by atoms with E-state index in [1.54, 1.807) is 17.5 Å². The van der Waals surface area contributed by atoms with Crippen molar-refractivity contribution in [2.45, 2.75) is 31.9 Å². The Bertz CT molecular complexity index is 268. The van der Waals surface area contributed by atoms with Crippen LogP contribution in [-0.4, -0.2) is 16.6 Å². The van der Waals surface area contributed by atoms with Crippen LogP contribution in [0.15, 0.2) is 6.20 Å². The second-order valence-corrected chi connectivity index (χ2v) is 4.47. The molecule has 72 valence electrons. The molecule has 0 amide bonds. The summed E-state index contributed by atoms with van der Waals surface area (Å²) >= 11 is 1.62. The zero-order valence-electron chi connectivity index (χ0n) is 7.49. The van der Waals surface area contributed by atoms with Crippen LogP contribution in [0.25, 0.3) is 0 Å². The Morgan fingerprint density at radius 3 is 3.15 bits per heavy atom. The monoisotopic (exact) mass is 198 g/mol. The normalized spacial score (nSPS) is 23.3. The van der Waals surface area contributed by atoms with Crippen molar-refractivity contribution >= 4 is 11.3 Å². The van der Waals surface area contributed by atoms with Crippen LogP contribution in [0, 0.1) is 0 Å². The molecule has 1 atom stereocenters. The molecule has 0 radical (unpaired) electrons. The third-order valence-corrected chi connectivity index (χ3v) is 3.43. The van der Waals surface area contributed by atoms with E-state index >= 15 is 0 Å². The van der Waals surface area contributed by atoms with Gasteiger partial charge in [0.1, 0.15) is 5.01 Å². The van der Waals surface area contributed by atoms with E-state index in [1.165, 1.54) is 19.3 Å². The fourth-order valence-electron chi connectivity index (χ4n) is 1.62. The Morgan fingerprint density at radius 2 is 2.54 bits per heavy atom. The number of nitrogens with one attached hydrogen (secondary N) is 1. The third-order valence-electron chi connectivity index (χ3n) is 2.34. The van der Waals surface area contributed by atoms with Crippen molar-refractivity contribution in [3.63, 3.8) is 0 Å². The maximum atomic E-state index is 8.90. The summed E-state index contributed by atoms with van der Waals surface area (Å²) in [6.45, 7) is 1.21. The number of aliphatic hydroxyl groups is 1. The predicted octanol–water partition coefficient (Wildman–Crippen LogP) is 1.45. The van der Waals surface area contributed by atoms with E-state index in [0.29, 0.717) is 6.04 Å². The standard InChI is InChI=1S/C9H14N2OS/c12-6-7-5-11-9(13-7)8-3-1-2-4-10-8/h5,8,10,12H,1-4,6H2. The van der Waals surface area contributed by atoms with Crippen LogP contribution in [0.3, 0.4) is 0 Å². The number of hydrogen-bond acceptors (Lipinski definition) is 4. The molecule has 1 aromatic rings. The van der Waals surface area contributed by atoms with Crippen molar-refractivity contribution in [3.05, 3.63) is 16.1 Å². The van der Waals surface area contributed by atoms with Gasteiger partial charge in [-0.3, -0.25) is 0 Å². The summed E-state index contributed by atoms with van der Waals surface area (Å²) in [5, 5.41) is 13.5. The van der Waals surface area contributed by atoms with Crippen molar-refractivity contribution in [2.24, 2.45) is 0 Å². The lowest BCUT2D eigenvalue weighted by Crippen LogP contribution is -2.26. The van der Waals surface area contributed by atoms with Gasteiger partial charge < -0.3 is 10.4 Å². The quantitative estimate of drug-likeness (QED) is 0.756. The van der Waals surface area contributed by atoms with Crippen molar-refractivity contribution in [3.8, 4) is 0 Å². The van der Waals surface area contributed by atoms with Gasteiger partial charge in [-0.1, -0.05) is 6.42 Å². The van der Waals surface area contributed by atoms with Gasteiger partial charge in [0.05, 0.1) is 17.5 Å². The number of rotatable bonds is 2. The van der Waals surface area contributed by atoms with Crippen LogP contribution in [0.1, 0.15) is 35.2 Å². The van der Waals surface area contributed by atoms with Crippen LogP contribution in [-0.2, 0) is 6.61 Å². The summed E-state index contributed by atoms with van der Waals surface area (Å²) < 4.78 is 0. The number of nitrogens with zero attached hydrogens (tertiary/aromatic N) is 1.